The van der Waals surface area contributed by atoms with Gasteiger partial charge in [0, 0.05) is 51.9 Å². The fraction of sp³-hybridized carbons (Fsp3) is 0.667. The van der Waals surface area contributed by atoms with Crippen molar-refractivity contribution in [1.29, 1.82) is 0 Å². The van der Waals surface area contributed by atoms with E-state index >= 15 is 0 Å². The van der Waals surface area contributed by atoms with Crippen LogP contribution in [0.4, 0.5) is 0 Å². The molecule has 1 aromatic carbocycles. The van der Waals surface area contributed by atoms with E-state index in [1.165, 1.54) is 18.4 Å². The van der Waals surface area contributed by atoms with E-state index in [0.717, 1.165) is 70.1 Å². The Morgan fingerprint density at radius 2 is 1.93 bits per heavy atom. The summed E-state index contributed by atoms with van der Waals surface area (Å²) in [5.41, 5.74) is 1.17. The van der Waals surface area contributed by atoms with Crippen LogP contribution in [0, 0.1) is 5.92 Å². The van der Waals surface area contributed by atoms with Crippen LogP contribution in [0.2, 0.25) is 0 Å². The number of para-hydroxylation sites is 1. The number of hydrogen-bond acceptors (Lipinski definition) is 4. The zero-order valence-corrected chi connectivity index (χ0v) is 16.8. The van der Waals surface area contributed by atoms with Crippen molar-refractivity contribution in [2.75, 3.05) is 59.6 Å². The molecule has 1 aromatic rings. The molecule has 6 heteroatoms. The number of hydrogen-bond donors (Lipinski definition) is 1. The van der Waals surface area contributed by atoms with Crippen molar-refractivity contribution >= 4 is 5.96 Å². The monoisotopic (exact) mass is 374 g/mol. The molecule has 27 heavy (non-hydrogen) atoms. The van der Waals surface area contributed by atoms with E-state index in [2.05, 4.69) is 45.2 Å². The maximum absolute atomic E-state index is 6.09. The first-order valence-electron chi connectivity index (χ1n) is 10.2. The van der Waals surface area contributed by atoms with Gasteiger partial charge >= 0.3 is 0 Å². The van der Waals surface area contributed by atoms with Gasteiger partial charge in [0.15, 0.2) is 5.96 Å². The van der Waals surface area contributed by atoms with Crippen molar-refractivity contribution in [3.8, 4) is 5.75 Å². The van der Waals surface area contributed by atoms with Gasteiger partial charge in [-0.05, 0) is 24.8 Å². The van der Waals surface area contributed by atoms with Crippen LogP contribution in [0.5, 0.6) is 5.75 Å². The molecule has 0 aliphatic carbocycles. The van der Waals surface area contributed by atoms with Crippen LogP contribution in [-0.2, 0) is 11.3 Å². The molecule has 0 unspecified atom stereocenters. The standard InChI is InChI=1S/C21H34N4O2/c1-18-7-9-25(10-8-18)21(22-2)23-17-19-5-3-4-6-20(19)27-16-13-24-11-14-26-15-12-24/h3-6,18H,7-17H2,1-2H3,(H,22,23). The lowest BCUT2D eigenvalue weighted by Gasteiger charge is -2.33. The summed E-state index contributed by atoms with van der Waals surface area (Å²) in [6.45, 7) is 10.5. The largest absolute Gasteiger partial charge is 0.492 e. The Hall–Kier alpha value is -1.79. The first-order chi connectivity index (χ1) is 13.3. The lowest BCUT2D eigenvalue weighted by molar-refractivity contribution is 0.0322. The van der Waals surface area contributed by atoms with E-state index in [9.17, 15) is 0 Å². The Morgan fingerprint density at radius 3 is 2.67 bits per heavy atom. The number of aliphatic imine (C=N–C) groups is 1. The summed E-state index contributed by atoms with van der Waals surface area (Å²) in [5, 5.41) is 3.52. The second kappa shape index (κ2) is 10.5. The summed E-state index contributed by atoms with van der Waals surface area (Å²) in [5.74, 6) is 2.77. The molecular formula is C21H34N4O2. The van der Waals surface area contributed by atoms with E-state index in [0.29, 0.717) is 6.61 Å². The maximum atomic E-state index is 6.09. The molecule has 150 valence electrons. The normalized spacial score (nSPS) is 19.9. The highest BCUT2D eigenvalue weighted by Crippen LogP contribution is 2.19. The predicted molar refractivity (Wildman–Crippen MR) is 109 cm³/mol. The number of piperidine rings is 1. The molecular weight excluding hydrogens is 340 g/mol. The van der Waals surface area contributed by atoms with Crippen LogP contribution in [0.1, 0.15) is 25.3 Å². The summed E-state index contributed by atoms with van der Waals surface area (Å²) in [6, 6.07) is 8.29. The molecule has 0 amide bonds. The van der Waals surface area contributed by atoms with Gasteiger partial charge in [0.25, 0.3) is 0 Å². The Bertz CT molecular complexity index is 594. The highest BCUT2D eigenvalue weighted by molar-refractivity contribution is 5.80. The van der Waals surface area contributed by atoms with Gasteiger partial charge in [0.1, 0.15) is 12.4 Å². The first-order valence-corrected chi connectivity index (χ1v) is 10.2. The average molecular weight is 375 g/mol. The third-order valence-electron chi connectivity index (χ3n) is 5.47. The van der Waals surface area contributed by atoms with Crippen LogP contribution >= 0.6 is 0 Å². The minimum atomic E-state index is 0.704. The molecule has 0 saturated carbocycles. The van der Waals surface area contributed by atoms with Gasteiger partial charge in [-0.15, -0.1) is 0 Å². The Balaban J connectivity index is 1.49. The van der Waals surface area contributed by atoms with Gasteiger partial charge in [0.05, 0.1) is 13.2 Å². The van der Waals surface area contributed by atoms with Crippen molar-refractivity contribution in [2.45, 2.75) is 26.3 Å². The lowest BCUT2D eigenvalue weighted by Crippen LogP contribution is -2.45. The number of rotatable bonds is 6. The molecule has 2 heterocycles. The Morgan fingerprint density at radius 1 is 1.19 bits per heavy atom. The van der Waals surface area contributed by atoms with Gasteiger partial charge in [-0.1, -0.05) is 25.1 Å². The van der Waals surface area contributed by atoms with E-state index in [4.69, 9.17) is 9.47 Å². The van der Waals surface area contributed by atoms with Crippen LogP contribution in [-0.4, -0.2) is 75.4 Å². The Kier molecular flexibility index (Phi) is 7.78. The minimum Gasteiger partial charge on any atom is -0.492 e. The average Bonchev–Trinajstić information content (AvgIpc) is 2.71. The van der Waals surface area contributed by atoms with Gasteiger partial charge < -0.3 is 19.7 Å². The Labute approximate surface area is 163 Å². The van der Waals surface area contributed by atoms with Crippen LogP contribution in [0.25, 0.3) is 0 Å². The fourth-order valence-corrected chi connectivity index (χ4v) is 3.63. The molecule has 2 aliphatic heterocycles. The molecule has 3 rings (SSSR count). The van der Waals surface area contributed by atoms with Crippen LogP contribution in [0.15, 0.2) is 29.3 Å². The highest BCUT2D eigenvalue weighted by Gasteiger charge is 2.18. The van der Waals surface area contributed by atoms with Gasteiger partial charge in [-0.25, -0.2) is 0 Å². The molecule has 6 nitrogen and oxygen atoms in total. The number of likely N-dealkylation sites (tertiary alicyclic amines) is 1. The van der Waals surface area contributed by atoms with E-state index in [1.807, 2.05) is 13.1 Å². The molecule has 2 aliphatic rings. The summed E-state index contributed by atoms with van der Waals surface area (Å²) < 4.78 is 11.5. The first kappa shape index (κ1) is 20.0. The van der Waals surface area contributed by atoms with Gasteiger partial charge in [-0.2, -0.15) is 0 Å². The molecule has 0 spiro atoms. The number of morpholine rings is 1. The molecule has 1 N–H and O–H groups in total. The third-order valence-corrected chi connectivity index (χ3v) is 5.47. The number of guanidine groups is 1. The van der Waals surface area contributed by atoms with Crippen LogP contribution in [0.3, 0.4) is 0 Å². The topological polar surface area (TPSA) is 49.3 Å². The quantitative estimate of drug-likeness (QED) is 0.611. The zero-order chi connectivity index (χ0) is 18.9. The summed E-state index contributed by atoms with van der Waals surface area (Å²) in [7, 11) is 1.87. The predicted octanol–water partition coefficient (Wildman–Crippen LogP) is 2.20. The summed E-state index contributed by atoms with van der Waals surface area (Å²) in [6.07, 6.45) is 2.48. The minimum absolute atomic E-state index is 0.704. The van der Waals surface area contributed by atoms with Crippen molar-refractivity contribution < 1.29 is 9.47 Å². The second-order valence-electron chi connectivity index (χ2n) is 7.48. The lowest BCUT2D eigenvalue weighted by atomic mass is 9.99. The number of benzene rings is 1. The number of nitrogens with zero attached hydrogens (tertiary/aromatic N) is 3. The van der Waals surface area contributed by atoms with E-state index in [1.54, 1.807) is 0 Å². The molecule has 0 atom stereocenters. The molecule has 0 radical (unpaired) electrons. The van der Waals surface area contributed by atoms with E-state index in [-0.39, 0.29) is 0 Å². The molecule has 0 bridgehead atoms. The van der Waals surface area contributed by atoms with Crippen molar-refractivity contribution in [2.24, 2.45) is 10.9 Å². The number of nitrogens with one attached hydrogen (secondary N) is 1. The SMILES string of the molecule is CN=C(NCc1ccccc1OCCN1CCOCC1)N1CCC(C)CC1. The second-order valence-corrected chi connectivity index (χ2v) is 7.48. The van der Waals surface area contributed by atoms with Gasteiger partial charge in [0.2, 0.25) is 0 Å². The highest BCUT2D eigenvalue weighted by atomic mass is 16.5. The summed E-state index contributed by atoms with van der Waals surface area (Å²) in [4.78, 5) is 9.23. The van der Waals surface area contributed by atoms with Crippen LogP contribution < -0.4 is 10.1 Å². The van der Waals surface area contributed by atoms with Gasteiger partial charge in [-0.3, -0.25) is 9.89 Å². The van der Waals surface area contributed by atoms with Crippen molar-refractivity contribution in [3.63, 3.8) is 0 Å². The molecule has 2 saturated heterocycles. The fourth-order valence-electron chi connectivity index (χ4n) is 3.63. The molecule has 0 aromatic heterocycles. The number of ether oxygens (including phenoxy) is 2. The maximum Gasteiger partial charge on any atom is 0.193 e. The van der Waals surface area contributed by atoms with E-state index < -0.39 is 0 Å². The van der Waals surface area contributed by atoms with Crippen molar-refractivity contribution in [1.82, 2.24) is 15.1 Å². The smallest absolute Gasteiger partial charge is 0.193 e. The summed E-state index contributed by atoms with van der Waals surface area (Å²) >= 11 is 0. The molecule has 2 fully saturated rings. The van der Waals surface area contributed by atoms with Crippen molar-refractivity contribution in [3.05, 3.63) is 29.8 Å². The zero-order valence-electron chi connectivity index (χ0n) is 16.8. The third kappa shape index (κ3) is 6.11.